The second kappa shape index (κ2) is 10.7. The number of benzene rings is 2. The van der Waals surface area contributed by atoms with Crippen LogP contribution in [0.25, 0.3) is 0 Å². The van der Waals surface area contributed by atoms with Gasteiger partial charge in [-0.2, -0.15) is 0 Å². The van der Waals surface area contributed by atoms with Gasteiger partial charge in [-0.15, -0.1) is 0 Å². The molecule has 2 N–H and O–H groups in total. The molecule has 8 heteroatoms. The minimum Gasteiger partial charge on any atom is -0.497 e. The molecule has 2 aromatic carbocycles. The third kappa shape index (κ3) is 5.28. The van der Waals surface area contributed by atoms with E-state index in [1.54, 1.807) is 43.8 Å². The summed E-state index contributed by atoms with van der Waals surface area (Å²) in [5, 5.41) is 6.22. The van der Waals surface area contributed by atoms with Gasteiger partial charge in [0, 0.05) is 42.0 Å². The van der Waals surface area contributed by atoms with E-state index < -0.39 is 0 Å². The molecule has 32 heavy (non-hydrogen) atoms. The molecule has 3 aromatic rings. The lowest BCUT2D eigenvalue weighted by Gasteiger charge is -2.15. The summed E-state index contributed by atoms with van der Waals surface area (Å²) in [4.78, 5) is 17.1. The normalized spacial score (nSPS) is 10.5. The highest BCUT2D eigenvalue weighted by atomic mass is 16.5. The summed E-state index contributed by atoms with van der Waals surface area (Å²) in [6.45, 7) is 0. The first kappa shape index (κ1) is 22.5. The highest BCUT2D eigenvalue weighted by Gasteiger charge is 2.15. The van der Waals surface area contributed by atoms with Gasteiger partial charge < -0.3 is 29.6 Å². The van der Waals surface area contributed by atoms with E-state index in [9.17, 15) is 4.79 Å². The molecule has 0 saturated carbocycles. The number of pyridine rings is 1. The third-order valence-corrected chi connectivity index (χ3v) is 4.58. The molecule has 1 heterocycles. The number of carbonyl (C=O) groups is 1. The van der Waals surface area contributed by atoms with Gasteiger partial charge in [-0.25, -0.2) is 4.98 Å². The number of hydrogen-bond acceptors (Lipinski definition) is 8. The molecule has 0 spiro atoms. The Morgan fingerprint density at radius 1 is 0.875 bits per heavy atom. The largest absolute Gasteiger partial charge is 0.497 e. The molecule has 0 unspecified atom stereocenters. The summed E-state index contributed by atoms with van der Waals surface area (Å²) >= 11 is 0. The van der Waals surface area contributed by atoms with E-state index in [2.05, 4.69) is 15.6 Å². The number of carbonyl (C=O) groups excluding carboxylic acids is 1. The van der Waals surface area contributed by atoms with E-state index in [-0.39, 0.29) is 5.78 Å². The first-order chi connectivity index (χ1) is 15.6. The zero-order valence-corrected chi connectivity index (χ0v) is 18.3. The number of ether oxygens (including phenoxy) is 4. The van der Waals surface area contributed by atoms with Crippen LogP contribution in [0.3, 0.4) is 0 Å². The smallest absolute Gasteiger partial charge is 0.203 e. The van der Waals surface area contributed by atoms with Crippen LogP contribution < -0.4 is 29.6 Å². The molecule has 3 rings (SSSR count). The second-order valence-corrected chi connectivity index (χ2v) is 6.51. The molecule has 0 atom stereocenters. The minimum absolute atomic E-state index is 0.214. The molecule has 166 valence electrons. The maximum atomic E-state index is 12.8. The van der Waals surface area contributed by atoms with Crippen molar-refractivity contribution in [2.75, 3.05) is 39.1 Å². The third-order valence-electron chi connectivity index (χ3n) is 4.58. The van der Waals surface area contributed by atoms with E-state index >= 15 is 0 Å². The number of ketones is 1. The maximum absolute atomic E-state index is 12.8. The number of rotatable bonds is 10. The quantitative estimate of drug-likeness (QED) is 0.351. The Bertz CT molecular complexity index is 1070. The first-order valence-corrected chi connectivity index (χ1v) is 9.73. The predicted molar refractivity (Wildman–Crippen MR) is 124 cm³/mol. The highest BCUT2D eigenvalue weighted by Crippen LogP contribution is 2.40. The van der Waals surface area contributed by atoms with Gasteiger partial charge in [-0.05, 0) is 36.4 Å². The number of allylic oxidation sites excluding steroid dienone is 1. The van der Waals surface area contributed by atoms with Crippen LogP contribution in [0.5, 0.6) is 23.0 Å². The van der Waals surface area contributed by atoms with Crippen LogP contribution in [0.2, 0.25) is 0 Å². The van der Waals surface area contributed by atoms with Crippen LogP contribution in [0.1, 0.15) is 10.4 Å². The summed E-state index contributed by atoms with van der Waals surface area (Å²) in [6, 6.07) is 14.3. The highest BCUT2D eigenvalue weighted by molar-refractivity contribution is 6.08. The van der Waals surface area contributed by atoms with Crippen molar-refractivity contribution in [2.45, 2.75) is 0 Å². The summed E-state index contributed by atoms with van der Waals surface area (Å²) in [5.74, 6) is 2.40. The van der Waals surface area contributed by atoms with Crippen molar-refractivity contribution in [3.05, 3.63) is 72.6 Å². The van der Waals surface area contributed by atoms with Crippen LogP contribution in [-0.4, -0.2) is 39.2 Å². The lowest BCUT2D eigenvalue weighted by Crippen LogP contribution is -2.05. The zero-order valence-electron chi connectivity index (χ0n) is 18.3. The Balaban J connectivity index is 1.78. The van der Waals surface area contributed by atoms with Crippen molar-refractivity contribution in [2.24, 2.45) is 0 Å². The van der Waals surface area contributed by atoms with Gasteiger partial charge in [0.2, 0.25) is 5.75 Å². The Hall–Kier alpha value is -4.20. The average molecular weight is 435 g/mol. The van der Waals surface area contributed by atoms with Crippen molar-refractivity contribution in [1.82, 2.24) is 4.98 Å². The molecular weight excluding hydrogens is 410 g/mol. The van der Waals surface area contributed by atoms with Crippen molar-refractivity contribution < 1.29 is 23.7 Å². The average Bonchev–Trinajstić information content (AvgIpc) is 2.84. The van der Waals surface area contributed by atoms with Gasteiger partial charge in [-0.1, -0.05) is 0 Å². The molecule has 0 fully saturated rings. The topological polar surface area (TPSA) is 90.9 Å². The molecule has 0 saturated heterocycles. The number of anilines is 3. The second-order valence-electron chi connectivity index (χ2n) is 6.51. The Kier molecular flexibility index (Phi) is 7.53. The first-order valence-electron chi connectivity index (χ1n) is 9.73. The van der Waals surface area contributed by atoms with Crippen molar-refractivity contribution >= 4 is 23.0 Å². The van der Waals surface area contributed by atoms with Crippen LogP contribution in [0, 0.1) is 0 Å². The molecule has 1 aromatic heterocycles. The van der Waals surface area contributed by atoms with Crippen LogP contribution in [-0.2, 0) is 0 Å². The summed E-state index contributed by atoms with van der Waals surface area (Å²) < 4.78 is 21.3. The molecule has 0 amide bonds. The zero-order chi connectivity index (χ0) is 22.9. The SMILES string of the molecule is COc1ccc(N/C=C/C(=O)c2cccnc2Nc2cc(OC)c(OC)c(OC)c2)cc1. The monoisotopic (exact) mass is 435 g/mol. The predicted octanol–water partition coefficient (Wildman–Crippen LogP) is 4.67. The molecular formula is C24H25N3O5. The van der Waals surface area contributed by atoms with Crippen molar-refractivity contribution in [3.63, 3.8) is 0 Å². The standard InChI is InChI=1S/C24H25N3O5/c1-29-18-9-7-16(8-10-18)25-13-11-20(28)19-6-5-12-26-24(19)27-17-14-21(30-2)23(32-4)22(15-17)31-3/h5-15,25H,1-4H3,(H,26,27)/b13-11+. The molecule has 8 nitrogen and oxygen atoms in total. The van der Waals surface area contributed by atoms with E-state index in [1.807, 2.05) is 24.3 Å². The minimum atomic E-state index is -0.214. The number of nitrogens with one attached hydrogen (secondary N) is 2. The lowest BCUT2D eigenvalue weighted by atomic mass is 10.1. The van der Waals surface area contributed by atoms with E-state index in [4.69, 9.17) is 18.9 Å². The van der Waals surface area contributed by atoms with Gasteiger partial charge in [0.25, 0.3) is 0 Å². The molecule has 0 aliphatic heterocycles. The fourth-order valence-corrected chi connectivity index (χ4v) is 2.98. The number of hydrogen-bond donors (Lipinski definition) is 2. The molecule has 0 radical (unpaired) electrons. The van der Waals surface area contributed by atoms with Crippen LogP contribution in [0.15, 0.2) is 67.0 Å². The summed E-state index contributed by atoms with van der Waals surface area (Å²) in [6.07, 6.45) is 4.64. The molecule has 0 aliphatic rings. The Labute approximate surface area is 186 Å². The van der Waals surface area contributed by atoms with Crippen molar-refractivity contribution in [3.8, 4) is 23.0 Å². The summed E-state index contributed by atoms with van der Waals surface area (Å²) in [5.41, 5.74) is 1.87. The van der Waals surface area contributed by atoms with Gasteiger partial charge in [-0.3, -0.25) is 4.79 Å². The number of nitrogens with zero attached hydrogens (tertiary/aromatic N) is 1. The lowest BCUT2D eigenvalue weighted by molar-refractivity contribution is 0.104. The number of methoxy groups -OCH3 is 4. The van der Waals surface area contributed by atoms with Crippen LogP contribution in [0.4, 0.5) is 17.2 Å². The fraction of sp³-hybridized carbons (Fsp3) is 0.167. The fourth-order valence-electron chi connectivity index (χ4n) is 2.98. The van der Waals surface area contributed by atoms with E-state index in [0.717, 1.165) is 11.4 Å². The van der Waals surface area contributed by atoms with Crippen LogP contribution >= 0.6 is 0 Å². The maximum Gasteiger partial charge on any atom is 0.203 e. The van der Waals surface area contributed by atoms with Gasteiger partial charge >= 0.3 is 0 Å². The molecule has 0 bridgehead atoms. The van der Waals surface area contributed by atoms with Crippen molar-refractivity contribution in [1.29, 1.82) is 0 Å². The van der Waals surface area contributed by atoms with Gasteiger partial charge in [0.15, 0.2) is 17.3 Å². The van der Waals surface area contributed by atoms with E-state index in [1.165, 1.54) is 27.4 Å². The Morgan fingerprint density at radius 3 is 2.16 bits per heavy atom. The van der Waals surface area contributed by atoms with Gasteiger partial charge in [0.1, 0.15) is 11.6 Å². The van der Waals surface area contributed by atoms with E-state index in [0.29, 0.717) is 34.3 Å². The van der Waals surface area contributed by atoms with Gasteiger partial charge in [0.05, 0.1) is 34.0 Å². The molecule has 0 aliphatic carbocycles. The Morgan fingerprint density at radius 2 is 1.56 bits per heavy atom. The number of aromatic nitrogens is 1. The summed E-state index contributed by atoms with van der Waals surface area (Å²) in [7, 11) is 6.22.